The third kappa shape index (κ3) is 2.53. The quantitative estimate of drug-likeness (QED) is 0.724. The van der Waals surface area contributed by atoms with Crippen molar-refractivity contribution in [3.63, 3.8) is 0 Å². The van der Waals surface area contributed by atoms with Crippen LogP contribution in [0.3, 0.4) is 0 Å². The van der Waals surface area contributed by atoms with Crippen molar-refractivity contribution in [2.75, 3.05) is 0 Å². The molecule has 3 heteroatoms. The van der Waals surface area contributed by atoms with Gasteiger partial charge in [-0.2, -0.15) is 0 Å². The lowest BCUT2D eigenvalue weighted by atomic mass is 10.2. The van der Waals surface area contributed by atoms with E-state index in [0.717, 1.165) is 11.2 Å². The minimum atomic E-state index is 0.582. The Morgan fingerprint density at radius 2 is 1.87 bits per heavy atom. The number of nitrogens with zero attached hydrogens (tertiary/aromatic N) is 2. The normalized spacial score (nSPS) is 10.3. The van der Waals surface area contributed by atoms with Gasteiger partial charge in [-0.3, -0.25) is 0 Å². The Morgan fingerprint density at radius 1 is 1.20 bits per heavy atom. The summed E-state index contributed by atoms with van der Waals surface area (Å²) in [6.45, 7) is 10.4. The lowest BCUT2D eigenvalue weighted by Gasteiger charge is -1.96. The van der Waals surface area contributed by atoms with Gasteiger partial charge in [-0.15, -0.1) is 11.3 Å². The molecule has 0 radical (unpaired) electrons. The zero-order valence-corrected chi connectivity index (χ0v) is 10.9. The van der Waals surface area contributed by atoms with E-state index in [1.54, 1.807) is 17.7 Å². The SMILES string of the molecule is CC.Cc1ncnc2cc(C(C)C)sc12. The van der Waals surface area contributed by atoms with Gasteiger partial charge in [-0.25, -0.2) is 9.97 Å². The molecule has 0 saturated carbocycles. The number of thiophene rings is 1. The molecular formula is C12H18N2S. The summed E-state index contributed by atoms with van der Waals surface area (Å²) in [5, 5.41) is 0. The molecule has 2 aromatic heterocycles. The molecule has 0 aliphatic carbocycles. The van der Waals surface area contributed by atoms with Gasteiger partial charge in [0.25, 0.3) is 0 Å². The fraction of sp³-hybridized carbons (Fsp3) is 0.500. The van der Waals surface area contributed by atoms with Gasteiger partial charge in [0.2, 0.25) is 0 Å². The predicted molar refractivity (Wildman–Crippen MR) is 67.6 cm³/mol. The Morgan fingerprint density at radius 3 is 2.40 bits per heavy atom. The van der Waals surface area contributed by atoms with Gasteiger partial charge >= 0.3 is 0 Å². The summed E-state index contributed by atoms with van der Waals surface area (Å²) in [6, 6.07) is 2.17. The Labute approximate surface area is 95.4 Å². The molecule has 0 bridgehead atoms. The molecule has 15 heavy (non-hydrogen) atoms. The Bertz CT molecular complexity index is 432. The topological polar surface area (TPSA) is 25.8 Å². The van der Waals surface area contributed by atoms with Gasteiger partial charge in [0, 0.05) is 4.88 Å². The van der Waals surface area contributed by atoms with Crippen molar-refractivity contribution in [2.24, 2.45) is 0 Å². The van der Waals surface area contributed by atoms with E-state index < -0.39 is 0 Å². The summed E-state index contributed by atoms with van der Waals surface area (Å²) in [6.07, 6.45) is 1.63. The number of hydrogen-bond acceptors (Lipinski definition) is 3. The standard InChI is InChI=1S/C10H12N2S.C2H6/c1-6(2)9-4-8-10(13-9)7(3)11-5-12-8;1-2/h4-6H,1-3H3;1-2H3. The molecule has 0 aromatic carbocycles. The van der Waals surface area contributed by atoms with Crippen LogP contribution in [0.25, 0.3) is 10.2 Å². The molecule has 2 aromatic rings. The van der Waals surface area contributed by atoms with Crippen LogP contribution >= 0.6 is 11.3 Å². The lowest BCUT2D eigenvalue weighted by Crippen LogP contribution is -1.81. The van der Waals surface area contributed by atoms with E-state index in [2.05, 4.69) is 29.9 Å². The molecule has 2 heterocycles. The average Bonchev–Trinajstić information content (AvgIpc) is 2.66. The minimum Gasteiger partial charge on any atom is -0.240 e. The van der Waals surface area contributed by atoms with Crippen LogP contribution in [-0.4, -0.2) is 9.97 Å². The molecule has 2 rings (SSSR count). The first-order valence-corrected chi connectivity index (χ1v) is 6.21. The van der Waals surface area contributed by atoms with E-state index in [4.69, 9.17) is 0 Å². The number of rotatable bonds is 1. The van der Waals surface area contributed by atoms with Crippen LogP contribution in [0.1, 0.15) is 44.2 Å². The number of hydrogen-bond donors (Lipinski definition) is 0. The molecular weight excluding hydrogens is 204 g/mol. The highest BCUT2D eigenvalue weighted by molar-refractivity contribution is 7.19. The summed E-state index contributed by atoms with van der Waals surface area (Å²) in [4.78, 5) is 9.81. The molecule has 82 valence electrons. The fourth-order valence-corrected chi connectivity index (χ4v) is 2.33. The smallest absolute Gasteiger partial charge is 0.116 e. The second kappa shape index (κ2) is 5.21. The first-order valence-electron chi connectivity index (χ1n) is 5.39. The molecule has 0 fully saturated rings. The number of aryl methyl sites for hydroxylation is 1. The zero-order valence-electron chi connectivity index (χ0n) is 10.0. The third-order valence-corrected chi connectivity index (χ3v) is 3.61. The van der Waals surface area contributed by atoms with Gasteiger partial charge < -0.3 is 0 Å². The summed E-state index contributed by atoms with van der Waals surface area (Å²) < 4.78 is 1.23. The highest BCUT2D eigenvalue weighted by atomic mass is 32.1. The molecule has 0 aliphatic heterocycles. The molecule has 0 saturated heterocycles. The second-order valence-corrected chi connectivity index (χ2v) is 4.56. The second-order valence-electron chi connectivity index (χ2n) is 3.48. The van der Waals surface area contributed by atoms with Crippen molar-refractivity contribution in [3.8, 4) is 0 Å². The van der Waals surface area contributed by atoms with E-state index in [9.17, 15) is 0 Å². The van der Waals surface area contributed by atoms with E-state index in [1.165, 1.54) is 9.58 Å². The van der Waals surface area contributed by atoms with Crippen molar-refractivity contribution < 1.29 is 0 Å². The van der Waals surface area contributed by atoms with Crippen molar-refractivity contribution in [2.45, 2.75) is 40.5 Å². The Balaban J connectivity index is 0.000000531. The van der Waals surface area contributed by atoms with Crippen LogP contribution in [0.5, 0.6) is 0 Å². The maximum atomic E-state index is 4.24. The number of aromatic nitrogens is 2. The largest absolute Gasteiger partial charge is 0.240 e. The molecule has 2 nitrogen and oxygen atoms in total. The third-order valence-electron chi connectivity index (χ3n) is 2.08. The molecule has 0 atom stereocenters. The van der Waals surface area contributed by atoms with Crippen molar-refractivity contribution in [1.82, 2.24) is 9.97 Å². The maximum Gasteiger partial charge on any atom is 0.116 e. The highest BCUT2D eigenvalue weighted by Crippen LogP contribution is 2.30. The van der Waals surface area contributed by atoms with Crippen LogP contribution in [0, 0.1) is 6.92 Å². The van der Waals surface area contributed by atoms with Gasteiger partial charge in [0.05, 0.1) is 15.9 Å². The highest BCUT2D eigenvalue weighted by Gasteiger charge is 2.07. The number of fused-ring (bicyclic) bond motifs is 1. The van der Waals surface area contributed by atoms with E-state index in [0.29, 0.717) is 5.92 Å². The first kappa shape index (κ1) is 12.1. The van der Waals surface area contributed by atoms with Crippen LogP contribution in [0.2, 0.25) is 0 Å². The monoisotopic (exact) mass is 222 g/mol. The van der Waals surface area contributed by atoms with Gasteiger partial charge in [0.15, 0.2) is 0 Å². The summed E-state index contributed by atoms with van der Waals surface area (Å²) >= 11 is 1.81. The van der Waals surface area contributed by atoms with E-state index >= 15 is 0 Å². The first-order chi connectivity index (χ1) is 7.18. The van der Waals surface area contributed by atoms with Gasteiger partial charge in [0.1, 0.15) is 6.33 Å². The van der Waals surface area contributed by atoms with Crippen LogP contribution < -0.4 is 0 Å². The van der Waals surface area contributed by atoms with Gasteiger partial charge in [-0.05, 0) is 18.9 Å². The average molecular weight is 222 g/mol. The molecule has 0 N–H and O–H groups in total. The molecule has 0 unspecified atom stereocenters. The Kier molecular flexibility index (Phi) is 4.21. The van der Waals surface area contributed by atoms with Crippen molar-refractivity contribution in [3.05, 3.63) is 23.0 Å². The summed E-state index contributed by atoms with van der Waals surface area (Å²) in [7, 11) is 0. The van der Waals surface area contributed by atoms with Crippen LogP contribution in [0.15, 0.2) is 12.4 Å². The Hall–Kier alpha value is -0.960. The molecule has 0 aliphatic rings. The van der Waals surface area contributed by atoms with E-state index in [-0.39, 0.29) is 0 Å². The molecule has 0 amide bonds. The van der Waals surface area contributed by atoms with E-state index in [1.807, 2.05) is 20.8 Å². The summed E-state index contributed by atoms with van der Waals surface area (Å²) in [5.74, 6) is 0.582. The van der Waals surface area contributed by atoms with Gasteiger partial charge in [-0.1, -0.05) is 27.7 Å². The van der Waals surface area contributed by atoms with Crippen molar-refractivity contribution >= 4 is 21.6 Å². The zero-order chi connectivity index (χ0) is 11.4. The maximum absolute atomic E-state index is 4.24. The minimum absolute atomic E-state index is 0.582. The lowest BCUT2D eigenvalue weighted by molar-refractivity contribution is 0.890. The summed E-state index contributed by atoms with van der Waals surface area (Å²) in [5.41, 5.74) is 2.17. The van der Waals surface area contributed by atoms with Crippen LogP contribution in [0.4, 0.5) is 0 Å². The fourth-order valence-electron chi connectivity index (χ4n) is 1.28. The van der Waals surface area contributed by atoms with Crippen LogP contribution in [-0.2, 0) is 0 Å². The van der Waals surface area contributed by atoms with Crippen molar-refractivity contribution in [1.29, 1.82) is 0 Å². The molecule has 0 spiro atoms. The predicted octanol–water partition coefficient (Wildman–Crippen LogP) is 4.15.